The summed E-state index contributed by atoms with van der Waals surface area (Å²) in [5.41, 5.74) is 1.66. The zero-order valence-corrected chi connectivity index (χ0v) is 16.0. The molecule has 2 aromatic carbocycles. The van der Waals surface area contributed by atoms with E-state index in [4.69, 9.17) is 5.84 Å². The number of rotatable bonds is 6. The Labute approximate surface area is 165 Å². The average Bonchev–Trinajstić information content (AvgIpc) is 3.03. The lowest BCUT2D eigenvalue weighted by Crippen LogP contribution is -2.23. The number of hydrogen-bond donors (Lipinski definition) is 2. The van der Waals surface area contributed by atoms with Crippen LogP contribution in [0, 0.1) is 5.82 Å². The van der Waals surface area contributed by atoms with Crippen molar-refractivity contribution in [2.75, 3.05) is 11.2 Å². The third-order valence-corrected chi connectivity index (χ3v) is 5.01. The van der Waals surface area contributed by atoms with E-state index >= 15 is 0 Å². The van der Waals surface area contributed by atoms with Gasteiger partial charge in [-0.1, -0.05) is 23.9 Å². The zero-order valence-electron chi connectivity index (χ0n) is 15.2. The van der Waals surface area contributed by atoms with Crippen LogP contribution in [0.5, 0.6) is 0 Å². The van der Waals surface area contributed by atoms with Gasteiger partial charge in [0.15, 0.2) is 11.6 Å². The van der Waals surface area contributed by atoms with Crippen LogP contribution in [-0.2, 0) is 4.79 Å². The van der Waals surface area contributed by atoms with E-state index in [1.807, 2.05) is 0 Å². The fourth-order valence-electron chi connectivity index (χ4n) is 2.42. The Hall–Kier alpha value is -3.20. The van der Waals surface area contributed by atoms with Gasteiger partial charge < -0.3 is 11.2 Å². The Balaban J connectivity index is 1.70. The van der Waals surface area contributed by atoms with E-state index in [-0.39, 0.29) is 17.5 Å². The number of halogens is 1. The number of amides is 1. The zero-order chi connectivity index (χ0) is 20.3. The molecule has 0 unspecified atom stereocenters. The minimum atomic E-state index is -0.520. The smallest absolute Gasteiger partial charge is 0.237 e. The molecule has 0 spiro atoms. The lowest BCUT2D eigenvalue weighted by molar-refractivity contribution is -0.115. The van der Waals surface area contributed by atoms with Crippen LogP contribution in [-0.4, -0.2) is 31.8 Å². The molecule has 0 bridgehead atoms. The average molecular weight is 399 g/mol. The molecule has 0 radical (unpaired) electrons. The van der Waals surface area contributed by atoms with Gasteiger partial charge in [0, 0.05) is 16.8 Å². The molecule has 0 aliphatic carbocycles. The van der Waals surface area contributed by atoms with Crippen molar-refractivity contribution in [3.8, 4) is 11.4 Å². The maximum Gasteiger partial charge on any atom is 0.237 e. The molecule has 3 N–H and O–H groups in total. The molecule has 3 rings (SSSR count). The monoisotopic (exact) mass is 399 g/mol. The molecule has 3 aromatic rings. The van der Waals surface area contributed by atoms with Gasteiger partial charge in [-0.3, -0.25) is 9.59 Å². The fraction of sp³-hybridized carbons (Fsp3) is 0.158. The van der Waals surface area contributed by atoms with Crippen molar-refractivity contribution in [2.24, 2.45) is 0 Å². The summed E-state index contributed by atoms with van der Waals surface area (Å²) < 4.78 is 14.3. The molecule has 9 heteroatoms. The second-order valence-corrected chi connectivity index (χ2v) is 7.38. The lowest BCUT2D eigenvalue weighted by Gasteiger charge is -2.12. The second-order valence-electron chi connectivity index (χ2n) is 6.07. The van der Waals surface area contributed by atoms with Gasteiger partial charge in [-0.2, -0.15) is 0 Å². The quantitative estimate of drug-likeness (QED) is 0.375. The number of nitrogen functional groups attached to an aromatic ring is 1. The second kappa shape index (κ2) is 8.22. The number of benzene rings is 2. The van der Waals surface area contributed by atoms with E-state index in [0.717, 1.165) is 11.8 Å². The van der Waals surface area contributed by atoms with Crippen molar-refractivity contribution in [3.05, 3.63) is 59.9 Å². The predicted octanol–water partition coefficient (Wildman–Crippen LogP) is 3.12. The predicted molar refractivity (Wildman–Crippen MR) is 106 cm³/mol. The Morgan fingerprint density at radius 3 is 2.57 bits per heavy atom. The summed E-state index contributed by atoms with van der Waals surface area (Å²) >= 11 is 1.14. The van der Waals surface area contributed by atoms with Crippen LogP contribution in [0.3, 0.4) is 0 Å². The molecule has 28 heavy (non-hydrogen) atoms. The summed E-state index contributed by atoms with van der Waals surface area (Å²) in [7, 11) is 0. The molecular formula is C19H18FN5O2S. The molecule has 7 nitrogen and oxygen atoms in total. The molecule has 1 heterocycles. The molecule has 0 saturated heterocycles. The minimum Gasteiger partial charge on any atom is -0.335 e. The summed E-state index contributed by atoms with van der Waals surface area (Å²) in [5, 5.41) is 10.6. The van der Waals surface area contributed by atoms with Crippen molar-refractivity contribution in [1.82, 2.24) is 14.9 Å². The first kappa shape index (κ1) is 19.6. The van der Waals surface area contributed by atoms with Gasteiger partial charge in [0.05, 0.1) is 5.25 Å². The van der Waals surface area contributed by atoms with Crippen molar-refractivity contribution in [2.45, 2.75) is 24.3 Å². The first-order valence-electron chi connectivity index (χ1n) is 8.40. The van der Waals surface area contributed by atoms with Crippen molar-refractivity contribution >= 4 is 29.1 Å². The van der Waals surface area contributed by atoms with Crippen LogP contribution >= 0.6 is 11.8 Å². The number of carbonyl (C=O) groups excluding carboxylic acids is 2. The first-order chi connectivity index (χ1) is 13.3. The maximum atomic E-state index is 13.1. The molecule has 0 aliphatic rings. The van der Waals surface area contributed by atoms with Crippen molar-refractivity contribution < 1.29 is 14.0 Å². The Kier molecular flexibility index (Phi) is 5.74. The van der Waals surface area contributed by atoms with Crippen LogP contribution in [0.1, 0.15) is 24.2 Å². The van der Waals surface area contributed by atoms with Gasteiger partial charge >= 0.3 is 0 Å². The van der Waals surface area contributed by atoms with Crippen LogP contribution in [0.2, 0.25) is 0 Å². The van der Waals surface area contributed by atoms with Crippen LogP contribution in [0.4, 0.5) is 10.1 Å². The van der Waals surface area contributed by atoms with E-state index < -0.39 is 5.25 Å². The van der Waals surface area contributed by atoms with Crippen molar-refractivity contribution in [1.29, 1.82) is 0 Å². The highest BCUT2D eigenvalue weighted by Crippen LogP contribution is 2.25. The molecule has 0 aliphatic heterocycles. The molecule has 1 aromatic heterocycles. The molecule has 1 atom stereocenters. The summed E-state index contributed by atoms with van der Waals surface area (Å²) in [4.78, 5) is 23.9. The molecule has 0 saturated carbocycles. The van der Waals surface area contributed by atoms with Gasteiger partial charge in [0.25, 0.3) is 0 Å². The SMILES string of the molecule is CC(=O)c1cccc(NC(=O)[C@@H](C)Sc2nnc(-c3ccc(F)cc3)n2N)c1. The highest BCUT2D eigenvalue weighted by Gasteiger charge is 2.20. The number of nitrogens with zero attached hydrogens (tertiary/aromatic N) is 3. The highest BCUT2D eigenvalue weighted by atomic mass is 32.2. The molecule has 1 amide bonds. The summed E-state index contributed by atoms with van der Waals surface area (Å²) in [5.74, 6) is 5.69. The van der Waals surface area contributed by atoms with Gasteiger partial charge in [0.2, 0.25) is 11.1 Å². The van der Waals surface area contributed by atoms with Gasteiger partial charge in [0.1, 0.15) is 5.82 Å². The third-order valence-electron chi connectivity index (χ3n) is 3.96. The standard InChI is InChI=1S/C19H18FN5O2S/c1-11(26)14-4-3-5-16(10-14)22-18(27)12(2)28-19-24-23-17(25(19)21)13-6-8-15(20)9-7-13/h3-10,12H,21H2,1-2H3,(H,22,27)/t12-/m1/s1. The molecular weight excluding hydrogens is 381 g/mol. The van der Waals surface area contributed by atoms with Crippen LogP contribution in [0.25, 0.3) is 11.4 Å². The number of aromatic nitrogens is 3. The Morgan fingerprint density at radius 2 is 1.89 bits per heavy atom. The summed E-state index contributed by atoms with van der Waals surface area (Å²) in [6, 6.07) is 12.4. The largest absolute Gasteiger partial charge is 0.335 e. The molecule has 0 fully saturated rings. The van der Waals surface area contributed by atoms with Gasteiger partial charge in [-0.15, -0.1) is 10.2 Å². The molecule has 144 valence electrons. The van der Waals surface area contributed by atoms with Gasteiger partial charge in [-0.05, 0) is 50.2 Å². The minimum absolute atomic E-state index is 0.0805. The Morgan fingerprint density at radius 1 is 1.18 bits per heavy atom. The number of ketones is 1. The fourth-order valence-corrected chi connectivity index (χ4v) is 3.19. The number of thioether (sulfide) groups is 1. The van der Waals surface area contributed by atoms with E-state index in [1.54, 1.807) is 43.3 Å². The number of Topliss-reactive ketones (excluding diaryl/α,β-unsaturated/α-hetero) is 1. The highest BCUT2D eigenvalue weighted by molar-refractivity contribution is 8.00. The van der Waals surface area contributed by atoms with Gasteiger partial charge in [-0.25, -0.2) is 9.07 Å². The Bertz CT molecular complexity index is 1020. The number of hydrogen-bond acceptors (Lipinski definition) is 6. The number of nitrogens with two attached hydrogens (primary N) is 1. The van der Waals surface area contributed by atoms with Crippen molar-refractivity contribution in [3.63, 3.8) is 0 Å². The van der Waals surface area contributed by atoms with E-state index in [1.165, 1.54) is 23.7 Å². The number of anilines is 1. The lowest BCUT2D eigenvalue weighted by atomic mass is 10.1. The van der Waals surface area contributed by atoms with E-state index in [0.29, 0.717) is 27.8 Å². The third kappa shape index (κ3) is 4.37. The van der Waals surface area contributed by atoms with Crippen LogP contribution < -0.4 is 11.2 Å². The number of carbonyl (C=O) groups is 2. The maximum absolute atomic E-state index is 13.1. The summed E-state index contributed by atoms with van der Waals surface area (Å²) in [6.07, 6.45) is 0. The van der Waals surface area contributed by atoms with E-state index in [2.05, 4.69) is 15.5 Å². The first-order valence-corrected chi connectivity index (χ1v) is 9.28. The summed E-state index contributed by atoms with van der Waals surface area (Å²) in [6.45, 7) is 3.17. The van der Waals surface area contributed by atoms with Crippen LogP contribution in [0.15, 0.2) is 53.7 Å². The number of nitrogens with one attached hydrogen (secondary N) is 1. The van der Waals surface area contributed by atoms with E-state index in [9.17, 15) is 14.0 Å². The normalized spacial score (nSPS) is 11.8. The topological polar surface area (TPSA) is 103 Å².